The summed E-state index contributed by atoms with van der Waals surface area (Å²) in [5, 5.41) is 0. The average molecular weight is 314 g/mol. The predicted molar refractivity (Wildman–Crippen MR) is 79.6 cm³/mol. The number of hydrogen-bond acceptors (Lipinski definition) is 5. The van der Waals surface area contributed by atoms with Crippen molar-refractivity contribution in [3.05, 3.63) is 23.8 Å². The molecule has 1 aromatic rings. The van der Waals surface area contributed by atoms with E-state index in [1.54, 1.807) is 12.1 Å². The summed E-state index contributed by atoms with van der Waals surface area (Å²) in [7, 11) is -2.04. The van der Waals surface area contributed by atoms with E-state index in [1.807, 2.05) is 6.92 Å². The number of ether oxygens (including phenoxy) is 2. The first-order valence-electron chi connectivity index (χ1n) is 6.95. The smallest absolute Gasteiger partial charge is 0.240 e. The lowest BCUT2D eigenvalue weighted by atomic mass is 10.0. The van der Waals surface area contributed by atoms with Crippen LogP contribution in [0.4, 0.5) is 0 Å². The molecule has 1 aliphatic heterocycles. The van der Waals surface area contributed by atoms with Gasteiger partial charge in [0.15, 0.2) is 0 Å². The zero-order valence-corrected chi connectivity index (χ0v) is 13.2. The summed E-state index contributed by atoms with van der Waals surface area (Å²) in [5.74, 6) is 0.806. The maximum Gasteiger partial charge on any atom is 0.240 e. The predicted octanol–water partition coefficient (Wildman–Crippen LogP) is 0.857. The maximum atomic E-state index is 12.4. The highest BCUT2D eigenvalue weighted by Crippen LogP contribution is 2.23. The third kappa shape index (κ3) is 3.74. The van der Waals surface area contributed by atoms with Crippen molar-refractivity contribution in [2.75, 3.05) is 20.3 Å². The SMILES string of the molecule is COc1ccc(S(=O)(=O)NC(C)C2CCOC2)cc1CN. The molecule has 0 aliphatic carbocycles. The van der Waals surface area contributed by atoms with Gasteiger partial charge in [0, 0.05) is 30.7 Å². The zero-order chi connectivity index (χ0) is 15.5. The number of hydrogen-bond donors (Lipinski definition) is 2. The van der Waals surface area contributed by atoms with Crippen LogP contribution >= 0.6 is 0 Å². The van der Waals surface area contributed by atoms with Crippen molar-refractivity contribution in [1.29, 1.82) is 0 Å². The van der Waals surface area contributed by atoms with Crippen molar-refractivity contribution in [1.82, 2.24) is 4.72 Å². The molecule has 3 N–H and O–H groups in total. The first-order valence-corrected chi connectivity index (χ1v) is 8.43. The Morgan fingerprint density at radius 1 is 1.52 bits per heavy atom. The van der Waals surface area contributed by atoms with Crippen LogP contribution in [0.5, 0.6) is 5.75 Å². The number of nitrogens with one attached hydrogen (secondary N) is 1. The minimum Gasteiger partial charge on any atom is -0.496 e. The van der Waals surface area contributed by atoms with Gasteiger partial charge in [-0.2, -0.15) is 0 Å². The Balaban J connectivity index is 2.18. The summed E-state index contributed by atoms with van der Waals surface area (Å²) in [6, 6.07) is 4.54. The number of benzene rings is 1. The van der Waals surface area contributed by atoms with Gasteiger partial charge < -0.3 is 15.2 Å². The Bertz CT molecular complexity index is 583. The molecule has 2 rings (SSSR count). The standard InChI is InChI=1S/C14H22N2O4S/c1-10(11-5-6-20-9-11)16-21(17,18)13-3-4-14(19-2)12(7-13)8-15/h3-4,7,10-11,16H,5-6,8-9,15H2,1-2H3. The molecule has 0 spiro atoms. The Kier molecular flexibility index (Phi) is 5.21. The third-order valence-electron chi connectivity index (χ3n) is 3.80. The van der Waals surface area contributed by atoms with E-state index in [9.17, 15) is 8.42 Å². The molecule has 1 aromatic carbocycles. The van der Waals surface area contributed by atoms with Crippen molar-refractivity contribution in [2.24, 2.45) is 11.7 Å². The topological polar surface area (TPSA) is 90.7 Å². The summed E-state index contributed by atoms with van der Waals surface area (Å²) in [4.78, 5) is 0.203. The second-order valence-electron chi connectivity index (χ2n) is 5.21. The van der Waals surface area contributed by atoms with Gasteiger partial charge in [0.05, 0.1) is 18.6 Å². The van der Waals surface area contributed by atoms with Crippen molar-refractivity contribution < 1.29 is 17.9 Å². The fraction of sp³-hybridized carbons (Fsp3) is 0.571. The number of methoxy groups -OCH3 is 1. The molecule has 2 atom stereocenters. The fourth-order valence-electron chi connectivity index (χ4n) is 2.44. The van der Waals surface area contributed by atoms with Crippen LogP contribution in [0.3, 0.4) is 0 Å². The van der Waals surface area contributed by atoms with Gasteiger partial charge >= 0.3 is 0 Å². The van der Waals surface area contributed by atoms with Crippen molar-refractivity contribution in [3.63, 3.8) is 0 Å². The van der Waals surface area contributed by atoms with Crippen LogP contribution in [0, 0.1) is 5.92 Å². The number of rotatable bonds is 6. The van der Waals surface area contributed by atoms with E-state index in [0.717, 1.165) is 6.42 Å². The molecule has 0 bridgehead atoms. The lowest BCUT2D eigenvalue weighted by molar-refractivity contribution is 0.180. The molecular weight excluding hydrogens is 292 g/mol. The van der Waals surface area contributed by atoms with Crippen molar-refractivity contribution >= 4 is 10.0 Å². The fourth-order valence-corrected chi connectivity index (χ4v) is 3.80. The highest BCUT2D eigenvalue weighted by Gasteiger charge is 2.27. The quantitative estimate of drug-likeness (QED) is 0.812. The molecule has 6 nitrogen and oxygen atoms in total. The van der Waals surface area contributed by atoms with Gasteiger partial charge in [-0.1, -0.05) is 0 Å². The molecule has 1 heterocycles. The summed E-state index contributed by atoms with van der Waals surface area (Å²) < 4.78 is 38.0. The highest BCUT2D eigenvalue weighted by atomic mass is 32.2. The first kappa shape index (κ1) is 16.2. The summed E-state index contributed by atoms with van der Waals surface area (Å²) in [6.45, 7) is 3.37. The lowest BCUT2D eigenvalue weighted by Crippen LogP contribution is -2.38. The van der Waals surface area contributed by atoms with E-state index >= 15 is 0 Å². The third-order valence-corrected chi connectivity index (χ3v) is 5.35. The molecule has 1 aliphatic rings. The summed E-state index contributed by atoms with van der Waals surface area (Å²) in [5.41, 5.74) is 6.29. The maximum absolute atomic E-state index is 12.4. The van der Waals surface area contributed by atoms with Crippen molar-refractivity contribution in [3.8, 4) is 5.75 Å². The molecular formula is C14H22N2O4S. The van der Waals surface area contributed by atoms with Gasteiger partial charge in [-0.25, -0.2) is 13.1 Å². The van der Waals surface area contributed by atoms with Crippen LogP contribution in [-0.4, -0.2) is 34.8 Å². The largest absolute Gasteiger partial charge is 0.496 e. The molecule has 0 amide bonds. The van der Waals surface area contributed by atoms with Crippen molar-refractivity contribution in [2.45, 2.75) is 30.8 Å². The van der Waals surface area contributed by atoms with Gasteiger partial charge in [0.25, 0.3) is 0 Å². The highest BCUT2D eigenvalue weighted by molar-refractivity contribution is 7.89. The van der Waals surface area contributed by atoms with E-state index in [-0.39, 0.29) is 23.4 Å². The molecule has 0 aromatic heterocycles. The second kappa shape index (κ2) is 6.74. The molecule has 118 valence electrons. The average Bonchev–Trinajstić information content (AvgIpc) is 3.00. The normalized spacial score (nSPS) is 20.4. The summed E-state index contributed by atoms with van der Waals surface area (Å²) in [6.07, 6.45) is 0.875. The number of sulfonamides is 1. The van der Waals surface area contributed by atoms with Gasteiger partial charge in [-0.3, -0.25) is 0 Å². The molecule has 0 saturated carbocycles. The second-order valence-corrected chi connectivity index (χ2v) is 6.93. The molecule has 2 unspecified atom stereocenters. The van der Waals surface area contributed by atoms with E-state index in [4.69, 9.17) is 15.2 Å². The van der Waals surface area contributed by atoms with Crippen LogP contribution in [0.25, 0.3) is 0 Å². The van der Waals surface area contributed by atoms with Crippen LogP contribution in [0.15, 0.2) is 23.1 Å². The molecule has 21 heavy (non-hydrogen) atoms. The minimum absolute atomic E-state index is 0.166. The van der Waals surface area contributed by atoms with Crippen LogP contribution < -0.4 is 15.2 Å². The first-order chi connectivity index (χ1) is 9.97. The molecule has 1 saturated heterocycles. The van der Waals surface area contributed by atoms with Gasteiger partial charge in [0.2, 0.25) is 10.0 Å². The van der Waals surface area contributed by atoms with E-state index in [1.165, 1.54) is 13.2 Å². The lowest BCUT2D eigenvalue weighted by Gasteiger charge is -2.19. The van der Waals surface area contributed by atoms with Gasteiger partial charge in [0.1, 0.15) is 5.75 Å². The van der Waals surface area contributed by atoms with Gasteiger partial charge in [-0.05, 0) is 31.5 Å². The Hall–Kier alpha value is -1.15. The minimum atomic E-state index is -3.57. The summed E-state index contributed by atoms with van der Waals surface area (Å²) >= 11 is 0. The molecule has 0 radical (unpaired) electrons. The Morgan fingerprint density at radius 3 is 2.86 bits per heavy atom. The van der Waals surface area contributed by atoms with E-state index < -0.39 is 10.0 Å². The van der Waals surface area contributed by atoms with Gasteiger partial charge in [-0.15, -0.1) is 0 Å². The zero-order valence-electron chi connectivity index (χ0n) is 12.3. The van der Waals surface area contributed by atoms with Crippen LogP contribution in [-0.2, 0) is 21.3 Å². The molecule has 7 heteroatoms. The van der Waals surface area contributed by atoms with E-state index in [2.05, 4.69) is 4.72 Å². The Labute approximate surface area is 125 Å². The van der Waals surface area contributed by atoms with Crippen LogP contribution in [0.1, 0.15) is 18.9 Å². The Morgan fingerprint density at radius 2 is 2.29 bits per heavy atom. The molecule has 1 fully saturated rings. The van der Waals surface area contributed by atoms with E-state index in [0.29, 0.717) is 24.5 Å². The van der Waals surface area contributed by atoms with Crippen LogP contribution in [0.2, 0.25) is 0 Å². The number of nitrogens with two attached hydrogens (primary N) is 1. The monoisotopic (exact) mass is 314 g/mol.